The summed E-state index contributed by atoms with van der Waals surface area (Å²) in [6, 6.07) is 22.1. The van der Waals surface area contributed by atoms with E-state index in [2.05, 4.69) is 92.7 Å². The maximum absolute atomic E-state index is 4.94. The van der Waals surface area contributed by atoms with Crippen molar-refractivity contribution < 1.29 is 0 Å². The highest BCUT2D eigenvalue weighted by molar-refractivity contribution is 5.55. The Morgan fingerprint density at radius 2 is 1.48 bits per heavy atom. The van der Waals surface area contributed by atoms with Crippen LogP contribution in [0.3, 0.4) is 0 Å². The molecule has 1 saturated heterocycles. The predicted molar refractivity (Wildman–Crippen MR) is 126 cm³/mol. The molecule has 0 spiro atoms. The number of hydrogen-bond donors (Lipinski definition) is 0. The summed E-state index contributed by atoms with van der Waals surface area (Å²) < 4.78 is 0. The minimum Gasteiger partial charge on any atom is -0.363 e. The van der Waals surface area contributed by atoms with E-state index in [9.17, 15) is 0 Å². The summed E-state index contributed by atoms with van der Waals surface area (Å²) in [5.74, 6) is 1.17. The molecule has 29 heavy (non-hydrogen) atoms. The zero-order valence-electron chi connectivity index (χ0n) is 18.6. The number of unbranched alkanes of at least 4 members (excludes halogenated alkanes) is 2. The van der Waals surface area contributed by atoms with E-state index in [1.165, 1.54) is 49.7 Å². The molecule has 0 saturated carbocycles. The minimum atomic E-state index is 0.0582. The first kappa shape index (κ1) is 21.6. The average Bonchev–Trinajstić information content (AvgIpc) is 2.75. The van der Waals surface area contributed by atoms with Gasteiger partial charge in [-0.2, -0.15) is 0 Å². The molecule has 156 valence electrons. The van der Waals surface area contributed by atoms with Crippen molar-refractivity contribution in [3.05, 3.63) is 71.8 Å². The Bertz CT molecular complexity index is 688. The number of likely N-dealkylation sites (tertiary alicyclic amines) is 1. The second-order valence-electron chi connectivity index (χ2n) is 9.19. The molecule has 1 heterocycles. The third kappa shape index (κ3) is 6.45. The van der Waals surface area contributed by atoms with Gasteiger partial charge in [0.05, 0.1) is 11.9 Å². The van der Waals surface area contributed by atoms with E-state index in [0.29, 0.717) is 11.8 Å². The summed E-state index contributed by atoms with van der Waals surface area (Å²) in [6.45, 7) is 9.02. The first-order valence-electron chi connectivity index (χ1n) is 11.5. The molecule has 1 aliphatic rings. The lowest BCUT2D eigenvalue weighted by molar-refractivity contribution is 0.252. The van der Waals surface area contributed by atoms with Gasteiger partial charge in [-0.25, -0.2) is 0 Å². The largest absolute Gasteiger partial charge is 0.363 e. The Labute approximate surface area is 178 Å². The molecule has 2 aromatic carbocycles. The molecule has 0 atom stereocenters. The number of benzene rings is 2. The van der Waals surface area contributed by atoms with Crippen LogP contribution in [-0.4, -0.2) is 29.9 Å². The fourth-order valence-electron chi connectivity index (χ4n) is 4.54. The summed E-state index contributed by atoms with van der Waals surface area (Å²) in [4.78, 5) is 7.37. The van der Waals surface area contributed by atoms with Crippen molar-refractivity contribution >= 4 is 6.34 Å². The highest BCUT2D eigenvalue weighted by Crippen LogP contribution is 2.37. The lowest BCUT2D eigenvalue weighted by atomic mass is 9.76. The SMILES string of the molecule is CCCCCC(C)(C)N=CN1CCC(C(c2ccccc2)c2ccccc2)CC1. The van der Waals surface area contributed by atoms with E-state index in [1.807, 2.05) is 0 Å². The Balaban J connectivity index is 1.63. The third-order valence-corrected chi connectivity index (χ3v) is 6.33. The number of aliphatic imine (C=N–C) groups is 1. The van der Waals surface area contributed by atoms with E-state index in [-0.39, 0.29) is 5.54 Å². The molecule has 2 nitrogen and oxygen atoms in total. The van der Waals surface area contributed by atoms with Crippen molar-refractivity contribution in [1.29, 1.82) is 0 Å². The van der Waals surface area contributed by atoms with Crippen molar-refractivity contribution in [1.82, 2.24) is 4.90 Å². The number of nitrogens with zero attached hydrogens (tertiary/aromatic N) is 2. The monoisotopic (exact) mass is 390 g/mol. The fraction of sp³-hybridized carbons (Fsp3) is 0.519. The van der Waals surface area contributed by atoms with E-state index in [4.69, 9.17) is 4.99 Å². The summed E-state index contributed by atoms with van der Waals surface area (Å²) >= 11 is 0. The summed E-state index contributed by atoms with van der Waals surface area (Å²) in [7, 11) is 0. The van der Waals surface area contributed by atoms with Crippen LogP contribution in [0.1, 0.15) is 76.3 Å². The van der Waals surface area contributed by atoms with Crippen LogP contribution in [0.15, 0.2) is 65.7 Å². The van der Waals surface area contributed by atoms with Gasteiger partial charge in [-0.3, -0.25) is 4.99 Å². The molecule has 0 aliphatic carbocycles. The van der Waals surface area contributed by atoms with Crippen molar-refractivity contribution in [2.24, 2.45) is 10.9 Å². The van der Waals surface area contributed by atoms with E-state index >= 15 is 0 Å². The average molecular weight is 391 g/mol. The lowest BCUT2D eigenvalue weighted by Crippen LogP contribution is -2.36. The first-order valence-corrected chi connectivity index (χ1v) is 11.5. The zero-order chi connectivity index (χ0) is 20.5. The Hall–Kier alpha value is -2.09. The molecule has 0 radical (unpaired) electrons. The molecule has 0 aromatic heterocycles. The Kier molecular flexibility index (Phi) is 7.91. The minimum absolute atomic E-state index is 0.0582. The molecule has 1 fully saturated rings. The number of hydrogen-bond acceptors (Lipinski definition) is 1. The second kappa shape index (κ2) is 10.6. The van der Waals surface area contributed by atoms with Crippen LogP contribution in [0.2, 0.25) is 0 Å². The van der Waals surface area contributed by atoms with Crippen molar-refractivity contribution in [3.8, 4) is 0 Å². The smallest absolute Gasteiger partial charge is 0.0856 e. The van der Waals surface area contributed by atoms with Gasteiger partial charge in [0.25, 0.3) is 0 Å². The molecular weight excluding hydrogens is 352 g/mol. The highest BCUT2D eigenvalue weighted by atomic mass is 15.2. The van der Waals surface area contributed by atoms with Crippen LogP contribution >= 0.6 is 0 Å². The van der Waals surface area contributed by atoms with Crippen molar-refractivity contribution in [2.75, 3.05) is 13.1 Å². The maximum Gasteiger partial charge on any atom is 0.0856 e. The topological polar surface area (TPSA) is 15.6 Å². The van der Waals surface area contributed by atoms with Gasteiger partial charge in [-0.1, -0.05) is 86.8 Å². The second-order valence-corrected chi connectivity index (χ2v) is 9.19. The summed E-state index contributed by atoms with van der Waals surface area (Å²) in [5.41, 5.74) is 2.95. The summed E-state index contributed by atoms with van der Waals surface area (Å²) in [6.07, 6.45) is 9.62. The van der Waals surface area contributed by atoms with Gasteiger partial charge in [-0.05, 0) is 50.2 Å². The third-order valence-electron chi connectivity index (χ3n) is 6.33. The van der Waals surface area contributed by atoms with E-state index < -0.39 is 0 Å². The lowest BCUT2D eigenvalue weighted by Gasteiger charge is -2.36. The van der Waals surface area contributed by atoms with Crippen LogP contribution in [0.25, 0.3) is 0 Å². The molecule has 0 bridgehead atoms. The van der Waals surface area contributed by atoms with Gasteiger partial charge in [0.2, 0.25) is 0 Å². The normalized spacial score (nSPS) is 16.1. The van der Waals surface area contributed by atoms with Crippen LogP contribution in [0, 0.1) is 5.92 Å². The maximum atomic E-state index is 4.94. The van der Waals surface area contributed by atoms with E-state index in [1.54, 1.807) is 0 Å². The molecule has 2 aromatic rings. The quantitative estimate of drug-likeness (QED) is 0.258. The van der Waals surface area contributed by atoms with Crippen LogP contribution < -0.4 is 0 Å². The standard InChI is InChI=1S/C27H38N2/c1-4-5-12-19-27(2,3)28-22-29-20-17-25(18-21-29)26(23-13-8-6-9-14-23)24-15-10-7-11-16-24/h6-11,13-16,22,25-26H,4-5,12,17-21H2,1-3H3. The zero-order valence-corrected chi connectivity index (χ0v) is 18.6. The van der Waals surface area contributed by atoms with Gasteiger partial charge in [0, 0.05) is 19.0 Å². The van der Waals surface area contributed by atoms with Crippen molar-refractivity contribution in [3.63, 3.8) is 0 Å². The molecule has 0 amide bonds. The van der Waals surface area contributed by atoms with Crippen LogP contribution in [-0.2, 0) is 0 Å². The molecule has 3 rings (SSSR count). The van der Waals surface area contributed by atoms with Gasteiger partial charge < -0.3 is 4.90 Å². The van der Waals surface area contributed by atoms with Crippen LogP contribution in [0.4, 0.5) is 0 Å². The molecule has 1 aliphatic heterocycles. The Morgan fingerprint density at radius 1 is 0.931 bits per heavy atom. The number of rotatable bonds is 9. The number of piperidine rings is 1. The highest BCUT2D eigenvalue weighted by Gasteiger charge is 2.28. The molecule has 0 unspecified atom stereocenters. The first-order chi connectivity index (χ1) is 14.1. The van der Waals surface area contributed by atoms with Gasteiger partial charge in [0.15, 0.2) is 0 Å². The van der Waals surface area contributed by atoms with Crippen LogP contribution in [0.5, 0.6) is 0 Å². The molecule has 2 heteroatoms. The Morgan fingerprint density at radius 3 is 2.00 bits per heavy atom. The predicted octanol–water partition coefficient (Wildman–Crippen LogP) is 6.92. The van der Waals surface area contributed by atoms with Gasteiger partial charge in [-0.15, -0.1) is 0 Å². The van der Waals surface area contributed by atoms with Gasteiger partial charge >= 0.3 is 0 Å². The molecule has 0 N–H and O–H groups in total. The fourth-order valence-corrected chi connectivity index (χ4v) is 4.54. The van der Waals surface area contributed by atoms with Gasteiger partial charge in [0.1, 0.15) is 0 Å². The van der Waals surface area contributed by atoms with E-state index in [0.717, 1.165) is 13.1 Å². The summed E-state index contributed by atoms with van der Waals surface area (Å²) in [5, 5.41) is 0. The van der Waals surface area contributed by atoms with Crippen molar-refractivity contribution in [2.45, 2.75) is 70.8 Å². The molecular formula is C27H38N2.